The third-order valence-electron chi connectivity index (χ3n) is 5.16. The van der Waals surface area contributed by atoms with Crippen molar-refractivity contribution < 1.29 is 9.32 Å². The van der Waals surface area contributed by atoms with Crippen LogP contribution in [0.3, 0.4) is 0 Å². The number of piperazine rings is 1. The second kappa shape index (κ2) is 8.68. The molecule has 1 aliphatic heterocycles. The summed E-state index contributed by atoms with van der Waals surface area (Å²) in [6, 6.07) is 13.6. The van der Waals surface area contributed by atoms with Gasteiger partial charge in [0, 0.05) is 43.3 Å². The molecular weight excluding hydrogens is 430 g/mol. The number of hydrogen-bond donors (Lipinski definition) is 0. The summed E-state index contributed by atoms with van der Waals surface area (Å²) in [6.45, 7) is 4.76. The van der Waals surface area contributed by atoms with Crippen molar-refractivity contribution in [3.63, 3.8) is 0 Å². The van der Waals surface area contributed by atoms with Crippen LogP contribution >= 0.6 is 23.1 Å². The number of anilines is 1. The first-order valence-corrected chi connectivity index (χ1v) is 11.9. The average molecular weight is 452 g/mol. The van der Waals surface area contributed by atoms with Gasteiger partial charge in [-0.15, -0.1) is 11.8 Å². The van der Waals surface area contributed by atoms with Gasteiger partial charge in [0.25, 0.3) is 5.91 Å². The zero-order chi connectivity index (χ0) is 21.2. The lowest BCUT2D eigenvalue weighted by Crippen LogP contribution is -2.48. The molecule has 158 valence electrons. The average Bonchev–Trinajstić information content (AvgIpc) is 3.43. The van der Waals surface area contributed by atoms with Crippen molar-refractivity contribution in [3.8, 4) is 0 Å². The fourth-order valence-corrected chi connectivity index (χ4v) is 5.45. The predicted molar refractivity (Wildman–Crippen MR) is 123 cm³/mol. The molecule has 4 aromatic rings. The SMILES string of the molecule is Cc1cc(CSc2ccccc2C(=O)N2CCN(c3nc4cccnc4s3)CC2)on1. The molecule has 1 saturated heterocycles. The van der Waals surface area contributed by atoms with Gasteiger partial charge >= 0.3 is 0 Å². The topological polar surface area (TPSA) is 75.4 Å². The lowest BCUT2D eigenvalue weighted by molar-refractivity contribution is 0.0743. The molecule has 5 rings (SSSR count). The second-order valence-corrected chi connectivity index (χ2v) is 9.30. The number of thioether (sulfide) groups is 1. The molecule has 0 aliphatic carbocycles. The summed E-state index contributed by atoms with van der Waals surface area (Å²) in [6.07, 6.45) is 1.79. The van der Waals surface area contributed by atoms with E-state index in [1.54, 1.807) is 29.3 Å². The van der Waals surface area contributed by atoms with E-state index >= 15 is 0 Å². The molecule has 0 atom stereocenters. The van der Waals surface area contributed by atoms with Crippen molar-refractivity contribution in [2.24, 2.45) is 0 Å². The Kier molecular flexibility index (Phi) is 5.61. The number of hydrogen-bond acceptors (Lipinski definition) is 8. The highest BCUT2D eigenvalue weighted by Crippen LogP contribution is 2.30. The Hall–Kier alpha value is -2.91. The van der Waals surface area contributed by atoms with Crippen molar-refractivity contribution in [1.29, 1.82) is 0 Å². The fraction of sp³-hybridized carbons (Fsp3) is 0.273. The van der Waals surface area contributed by atoms with Gasteiger partial charge < -0.3 is 14.3 Å². The maximum atomic E-state index is 13.3. The summed E-state index contributed by atoms with van der Waals surface area (Å²) in [7, 11) is 0. The van der Waals surface area contributed by atoms with Crippen LogP contribution in [0.1, 0.15) is 21.8 Å². The molecule has 1 amide bonds. The van der Waals surface area contributed by atoms with Crippen LogP contribution in [-0.4, -0.2) is 52.1 Å². The Bertz CT molecular complexity index is 1180. The number of thiazole rings is 1. The number of aromatic nitrogens is 3. The van der Waals surface area contributed by atoms with Crippen LogP contribution in [-0.2, 0) is 5.75 Å². The highest BCUT2D eigenvalue weighted by molar-refractivity contribution is 7.98. The number of benzene rings is 1. The van der Waals surface area contributed by atoms with E-state index in [2.05, 4.69) is 15.0 Å². The molecule has 1 aliphatic rings. The van der Waals surface area contributed by atoms with E-state index in [-0.39, 0.29) is 5.91 Å². The monoisotopic (exact) mass is 451 g/mol. The van der Waals surface area contributed by atoms with Crippen LogP contribution in [0, 0.1) is 6.92 Å². The summed E-state index contributed by atoms with van der Waals surface area (Å²) in [4.78, 5) is 28.4. The summed E-state index contributed by atoms with van der Waals surface area (Å²) in [5, 5.41) is 4.90. The van der Waals surface area contributed by atoms with E-state index < -0.39 is 0 Å². The van der Waals surface area contributed by atoms with E-state index in [4.69, 9.17) is 9.51 Å². The van der Waals surface area contributed by atoms with Crippen molar-refractivity contribution in [1.82, 2.24) is 20.0 Å². The summed E-state index contributed by atoms with van der Waals surface area (Å²) in [5.41, 5.74) is 2.53. The molecule has 4 heterocycles. The smallest absolute Gasteiger partial charge is 0.255 e. The maximum absolute atomic E-state index is 13.3. The third kappa shape index (κ3) is 4.28. The van der Waals surface area contributed by atoms with Crippen LogP contribution in [0.5, 0.6) is 0 Å². The molecule has 0 radical (unpaired) electrons. The largest absolute Gasteiger partial charge is 0.360 e. The Morgan fingerprint density at radius 1 is 1.16 bits per heavy atom. The number of pyridine rings is 1. The zero-order valence-corrected chi connectivity index (χ0v) is 18.7. The van der Waals surface area contributed by atoms with Gasteiger partial charge in [-0.3, -0.25) is 4.79 Å². The fourth-order valence-electron chi connectivity index (χ4n) is 3.57. The van der Waals surface area contributed by atoms with Gasteiger partial charge in [-0.05, 0) is 31.2 Å². The Morgan fingerprint density at radius 2 is 2.00 bits per heavy atom. The minimum absolute atomic E-state index is 0.0717. The van der Waals surface area contributed by atoms with Gasteiger partial charge in [-0.25, -0.2) is 9.97 Å². The highest BCUT2D eigenvalue weighted by atomic mass is 32.2. The number of nitrogens with zero attached hydrogens (tertiary/aromatic N) is 5. The van der Waals surface area contributed by atoms with E-state index in [1.807, 2.05) is 54.3 Å². The lowest BCUT2D eigenvalue weighted by atomic mass is 10.2. The Morgan fingerprint density at radius 3 is 2.77 bits per heavy atom. The first kappa shape index (κ1) is 20.0. The van der Waals surface area contributed by atoms with E-state index in [0.29, 0.717) is 18.8 Å². The third-order valence-corrected chi connectivity index (χ3v) is 7.29. The molecular formula is C22H21N5O2S2. The van der Waals surface area contributed by atoms with Gasteiger partial charge in [-0.1, -0.05) is 28.6 Å². The number of fused-ring (bicyclic) bond motifs is 1. The molecule has 1 fully saturated rings. The van der Waals surface area contributed by atoms with E-state index in [1.165, 1.54) is 0 Å². The zero-order valence-electron chi connectivity index (χ0n) is 17.0. The first-order chi connectivity index (χ1) is 15.2. The number of carbonyl (C=O) groups excluding carboxylic acids is 1. The molecule has 31 heavy (non-hydrogen) atoms. The number of rotatable bonds is 5. The summed E-state index contributed by atoms with van der Waals surface area (Å²) >= 11 is 3.20. The second-order valence-electron chi connectivity index (χ2n) is 7.32. The standard InChI is InChI=1S/C22H21N5O2S2/c1-15-13-16(29-25-15)14-30-19-7-3-2-5-17(19)21(28)26-9-11-27(12-10-26)22-24-18-6-4-8-23-20(18)31-22/h2-8,13H,9-12,14H2,1H3. The molecule has 0 bridgehead atoms. The van der Waals surface area contributed by atoms with Crippen LogP contribution in [0.2, 0.25) is 0 Å². The van der Waals surface area contributed by atoms with Crippen molar-refractivity contribution >= 4 is 44.5 Å². The molecule has 3 aromatic heterocycles. The first-order valence-electron chi connectivity index (χ1n) is 10.1. The van der Waals surface area contributed by atoms with Crippen molar-refractivity contribution in [3.05, 3.63) is 65.7 Å². The molecule has 0 unspecified atom stereocenters. The molecule has 0 spiro atoms. The number of aryl methyl sites for hydroxylation is 1. The molecule has 1 aromatic carbocycles. The van der Waals surface area contributed by atoms with E-state index in [9.17, 15) is 4.79 Å². The Balaban J connectivity index is 1.25. The molecule has 0 saturated carbocycles. The molecule has 7 nitrogen and oxygen atoms in total. The van der Waals surface area contributed by atoms with Gasteiger partial charge in [0.1, 0.15) is 16.1 Å². The Labute approximate surface area is 188 Å². The van der Waals surface area contributed by atoms with Crippen LogP contribution in [0.4, 0.5) is 5.13 Å². The van der Waals surface area contributed by atoms with Gasteiger partial charge in [-0.2, -0.15) is 0 Å². The minimum Gasteiger partial charge on any atom is -0.360 e. The van der Waals surface area contributed by atoms with E-state index in [0.717, 1.165) is 50.5 Å². The highest BCUT2D eigenvalue weighted by Gasteiger charge is 2.25. The van der Waals surface area contributed by atoms with Crippen LogP contribution in [0.15, 0.2) is 58.1 Å². The van der Waals surface area contributed by atoms with Gasteiger partial charge in [0.15, 0.2) is 5.13 Å². The quantitative estimate of drug-likeness (QED) is 0.420. The lowest BCUT2D eigenvalue weighted by Gasteiger charge is -2.34. The summed E-state index contributed by atoms with van der Waals surface area (Å²) < 4.78 is 5.30. The summed E-state index contributed by atoms with van der Waals surface area (Å²) in [5.74, 6) is 1.52. The predicted octanol–water partition coefficient (Wildman–Crippen LogP) is 4.24. The number of carbonyl (C=O) groups is 1. The normalized spacial score (nSPS) is 14.4. The van der Waals surface area contributed by atoms with Crippen molar-refractivity contribution in [2.45, 2.75) is 17.6 Å². The molecule has 0 N–H and O–H groups in total. The van der Waals surface area contributed by atoms with Crippen molar-refractivity contribution in [2.75, 3.05) is 31.1 Å². The van der Waals surface area contributed by atoms with Gasteiger partial charge in [0.2, 0.25) is 0 Å². The van der Waals surface area contributed by atoms with Crippen LogP contribution in [0.25, 0.3) is 10.3 Å². The minimum atomic E-state index is 0.0717. The number of amides is 1. The van der Waals surface area contributed by atoms with Crippen LogP contribution < -0.4 is 4.90 Å². The maximum Gasteiger partial charge on any atom is 0.255 e. The van der Waals surface area contributed by atoms with Gasteiger partial charge in [0.05, 0.1) is 17.0 Å². The molecule has 9 heteroatoms.